The van der Waals surface area contributed by atoms with Crippen molar-refractivity contribution in [2.75, 3.05) is 0 Å². The molecule has 0 spiro atoms. The number of rotatable bonds is 4. The van der Waals surface area contributed by atoms with Gasteiger partial charge in [-0.2, -0.15) is 0 Å². The molecule has 1 aromatic heterocycles. The summed E-state index contributed by atoms with van der Waals surface area (Å²) in [5.74, 6) is -0.901. The molecule has 0 radical (unpaired) electrons. The lowest BCUT2D eigenvalue weighted by Crippen LogP contribution is -2.14. The van der Waals surface area contributed by atoms with Crippen LogP contribution in [-0.2, 0) is 11.2 Å². The molecule has 2 rings (SSSR count). The third kappa shape index (κ3) is 3.31. The Morgan fingerprint density at radius 2 is 1.84 bits per heavy atom. The first kappa shape index (κ1) is 13.1. The molecule has 0 bridgehead atoms. The number of carboxylic acid groups (broad SMARTS) is 1. The highest BCUT2D eigenvalue weighted by atomic mass is 16.4. The van der Waals surface area contributed by atoms with E-state index in [-0.39, 0.29) is 18.4 Å². The lowest BCUT2D eigenvalue weighted by atomic mass is 10.1. The molecule has 4 heteroatoms. The van der Waals surface area contributed by atoms with E-state index in [4.69, 9.17) is 5.11 Å². The molecule has 1 heterocycles. The summed E-state index contributed by atoms with van der Waals surface area (Å²) in [6, 6.07) is 11.3. The molecule has 0 aliphatic heterocycles. The van der Waals surface area contributed by atoms with Crippen molar-refractivity contribution in [3.05, 3.63) is 57.9 Å². The molecule has 0 fully saturated rings. The van der Waals surface area contributed by atoms with E-state index in [1.54, 1.807) is 6.07 Å². The second-order valence-corrected chi connectivity index (χ2v) is 4.49. The van der Waals surface area contributed by atoms with Gasteiger partial charge in [-0.3, -0.25) is 9.59 Å². The van der Waals surface area contributed by atoms with Crippen LogP contribution in [0.1, 0.15) is 17.5 Å². The Balaban J connectivity index is 2.26. The third-order valence-electron chi connectivity index (χ3n) is 2.96. The average molecular weight is 257 g/mol. The van der Waals surface area contributed by atoms with Gasteiger partial charge in [-0.25, -0.2) is 0 Å². The predicted octanol–water partition coefficient (Wildman–Crippen LogP) is 2.37. The Morgan fingerprint density at radius 3 is 2.42 bits per heavy atom. The van der Waals surface area contributed by atoms with E-state index >= 15 is 0 Å². The van der Waals surface area contributed by atoms with Crippen LogP contribution in [0, 0.1) is 6.92 Å². The molecule has 0 amide bonds. The maximum atomic E-state index is 11.8. The largest absolute Gasteiger partial charge is 0.481 e. The second-order valence-electron chi connectivity index (χ2n) is 4.49. The van der Waals surface area contributed by atoms with Gasteiger partial charge in [0.25, 0.3) is 5.56 Å². The average Bonchev–Trinajstić information content (AvgIpc) is 2.38. The number of pyridine rings is 1. The van der Waals surface area contributed by atoms with Crippen LogP contribution < -0.4 is 5.56 Å². The first-order chi connectivity index (χ1) is 9.06. The summed E-state index contributed by atoms with van der Waals surface area (Å²) in [5, 5.41) is 8.61. The van der Waals surface area contributed by atoms with E-state index in [9.17, 15) is 9.59 Å². The lowest BCUT2D eigenvalue weighted by molar-refractivity contribution is -0.136. The van der Waals surface area contributed by atoms with Gasteiger partial charge < -0.3 is 10.1 Å². The summed E-state index contributed by atoms with van der Waals surface area (Å²) >= 11 is 0. The van der Waals surface area contributed by atoms with E-state index in [1.807, 2.05) is 37.3 Å². The summed E-state index contributed by atoms with van der Waals surface area (Å²) in [6.07, 6.45) is 0.214. The second kappa shape index (κ2) is 5.52. The van der Waals surface area contributed by atoms with Crippen molar-refractivity contribution in [2.24, 2.45) is 0 Å². The number of hydrogen-bond acceptors (Lipinski definition) is 2. The summed E-state index contributed by atoms with van der Waals surface area (Å²) < 4.78 is 0. The van der Waals surface area contributed by atoms with Crippen molar-refractivity contribution in [3.63, 3.8) is 0 Å². The van der Waals surface area contributed by atoms with E-state index in [0.29, 0.717) is 5.56 Å². The summed E-state index contributed by atoms with van der Waals surface area (Å²) in [4.78, 5) is 25.1. The molecule has 2 N–H and O–H groups in total. The monoisotopic (exact) mass is 257 g/mol. The zero-order valence-electron chi connectivity index (χ0n) is 10.6. The van der Waals surface area contributed by atoms with Crippen LogP contribution in [-0.4, -0.2) is 16.1 Å². The van der Waals surface area contributed by atoms with Gasteiger partial charge in [0.1, 0.15) is 0 Å². The highest BCUT2D eigenvalue weighted by molar-refractivity contribution is 5.67. The number of H-pyrrole nitrogens is 1. The minimum atomic E-state index is -0.901. The molecule has 19 heavy (non-hydrogen) atoms. The molecule has 0 unspecified atom stereocenters. The van der Waals surface area contributed by atoms with Crippen molar-refractivity contribution in [1.82, 2.24) is 4.98 Å². The first-order valence-electron chi connectivity index (χ1n) is 6.07. The van der Waals surface area contributed by atoms with Gasteiger partial charge in [0.15, 0.2) is 0 Å². The summed E-state index contributed by atoms with van der Waals surface area (Å²) in [6.45, 7) is 2.00. The minimum Gasteiger partial charge on any atom is -0.481 e. The van der Waals surface area contributed by atoms with Crippen LogP contribution in [0.2, 0.25) is 0 Å². The molecule has 1 aromatic carbocycles. The smallest absolute Gasteiger partial charge is 0.303 e. The molecular formula is C15H15NO3. The lowest BCUT2D eigenvalue weighted by Gasteiger charge is -2.04. The maximum Gasteiger partial charge on any atom is 0.303 e. The Labute approximate surface area is 110 Å². The standard InChI is InChI=1S/C15H15NO3/c1-10-2-4-11(5-3-10)13-8-6-12(15(19)16-13)7-9-14(17)18/h2-6,8H,7,9H2,1H3,(H,16,19)(H,17,18). The molecule has 98 valence electrons. The predicted molar refractivity (Wildman–Crippen MR) is 73.2 cm³/mol. The highest BCUT2D eigenvalue weighted by Gasteiger charge is 2.05. The maximum absolute atomic E-state index is 11.8. The van der Waals surface area contributed by atoms with Gasteiger partial charge in [-0.05, 0) is 25.0 Å². The third-order valence-corrected chi connectivity index (χ3v) is 2.96. The highest BCUT2D eigenvalue weighted by Crippen LogP contribution is 2.16. The Kier molecular flexibility index (Phi) is 3.80. The summed E-state index contributed by atoms with van der Waals surface area (Å²) in [7, 11) is 0. The molecule has 0 aliphatic carbocycles. The number of hydrogen-bond donors (Lipinski definition) is 2. The number of aromatic amines is 1. The van der Waals surface area contributed by atoms with Crippen molar-refractivity contribution in [3.8, 4) is 11.3 Å². The van der Waals surface area contributed by atoms with Crippen molar-refractivity contribution in [1.29, 1.82) is 0 Å². The first-order valence-corrected chi connectivity index (χ1v) is 6.07. The normalized spacial score (nSPS) is 10.4. The molecule has 0 saturated carbocycles. The van der Waals surface area contributed by atoms with Gasteiger partial charge >= 0.3 is 5.97 Å². The van der Waals surface area contributed by atoms with E-state index in [0.717, 1.165) is 16.8 Å². The number of aryl methyl sites for hydroxylation is 2. The molecule has 2 aromatic rings. The van der Waals surface area contributed by atoms with Crippen LogP contribution in [0.3, 0.4) is 0 Å². The van der Waals surface area contributed by atoms with Crippen LogP contribution in [0.5, 0.6) is 0 Å². The Morgan fingerprint density at radius 1 is 1.16 bits per heavy atom. The van der Waals surface area contributed by atoms with Gasteiger partial charge in [-0.15, -0.1) is 0 Å². The van der Waals surface area contributed by atoms with Crippen LogP contribution in [0.15, 0.2) is 41.2 Å². The van der Waals surface area contributed by atoms with Crippen molar-refractivity contribution in [2.45, 2.75) is 19.8 Å². The van der Waals surface area contributed by atoms with Gasteiger partial charge in [-0.1, -0.05) is 35.9 Å². The van der Waals surface area contributed by atoms with Crippen molar-refractivity contribution < 1.29 is 9.90 Å². The van der Waals surface area contributed by atoms with Gasteiger partial charge in [0.2, 0.25) is 0 Å². The SMILES string of the molecule is Cc1ccc(-c2ccc(CCC(=O)O)c(=O)[nH]2)cc1. The zero-order valence-corrected chi connectivity index (χ0v) is 10.6. The zero-order chi connectivity index (χ0) is 13.8. The number of nitrogens with one attached hydrogen (secondary N) is 1. The van der Waals surface area contributed by atoms with Crippen LogP contribution in [0.25, 0.3) is 11.3 Å². The van der Waals surface area contributed by atoms with E-state index in [1.165, 1.54) is 0 Å². The van der Waals surface area contributed by atoms with E-state index in [2.05, 4.69) is 4.98 Å². The molecule has 0 aliphatic rings. The molecular weight excluding hydrogens is 242 g/mol. The topological polar surface area (TPSA) is 70.2 Å². The van der Waals surface area contributed by atoms with Gasteiger partial charge in [0, 0.05) is 17.7 Å². The van der Waals surface area contributed by atoms with Gasteiger partial charge in [0.05, 0.1) is 0 Å². The summed E-state index contributed by atoms with van der Waals surface area (Å²) in [5.41, 5.74) is 3.11. The Bertz CT molecular complexity index is 641. The number of benzene rings is 1. The van der Waals surface area contributed by atoms with Crippen LogP contribution in [0.4, 0.5) is 0 Å². The fourth-order valence-electron chi connectivity index (χ4n) is 1.84. The van der Waals surface area contributed by atoms with E-state index < -0.39 is 5.97 Å². The number of aliphatic carboxylic acids is 1. The molecule has 0 saturated heterocycles. The van der Waals surface area contributed by atoms with Crippen molar-refractivity contribution >= 4 is 5.97 Å². The van der Waals surface area contributed by atoms with Crippen LogP contribution >= 0.6 is 0 Å². The quantitative estimate of drug-likeness (QED) is 0.883. The number of carbonyl (C=O) groups is 1. The molecule has 0 atom stereocenters. The number of carboxylic acids is 1. The fraction of sp³-hybridized carbons (Fsp3) is 0.200. The number of aromatic nitrogens is 1. The Hall–Kier alpha value is -2.36. The minimum absolute atomic E-state index is 0.0348. The molecule has 4 nitrogen and oxygen atoms in total. The fourth-order valence-corrected chi connectivity index (χ4v) is 1.84.